The summed E-state index contributed by atoms with van der Waals surface area (Å²) in [5.41, 5.74) is 2.51. The maximum Gasteiger partial charge on any atom is 0.270 e. The number of aliphatic hydroxyl groups is 2. The molecule has 0 aromatic heterocycles. The van der Waals surface area contributed by atoms with Gasteiger partial charge in [-0.25, -0.2) is 8.78 Å². The van der Waals surface area contributed by atoms with Gasteiger partial charge in [0.05, 0.1) is 12.3 Å². The molecule has 0 spiro atoms. The van der Waals surface area contributed by atoms with Gasteiger partial charge in [0.25, 0.3) is 5.92 Å². The summed E-state index contributed by atoms with van der Waals surface area (Å²) in [5, 5.41) is 21.7. The zero-order chi connectivity index (χ0) is 28.4. The molecular weight excluding hydrogens is 468 g/mol. The number of hydrogen-bond acceptors (Lipinski definition) is 3. The maximum atomic E-state index is 14.3. The van der Waals surface area contributed by atoms with Crippen molar-refractivity contribution in [2.24, 2.45) is 17.3 Å². The average molecular weight is 520 g/mol. The Morgan fingerprint density at radius 1 is 0.973 bits per heavy atom. The first-order valence-corrected chi connectivity index (χ1v) is 13.8. The lowest BCUT2D eigenvalue weighted by Crippen LogP contribution is -2.45. The van der Waals surface area contributed by atoms with E-state index in [9.17, 15) is 19.0 Å². The van der Waals surface area contributed by atoms with E-state index in [2.05, 4.69) is 25.7 Å². The van der Waals surface area contributed by atoms with Crippen LogP contribution in [0.4, 0.5) is 8.78 Å². The van der Waals surface area contributed by atoms with E-state index in [1.165, 1.54) is 12.2 Å². The number of halogens is 2. The van der Waals surface area contributed by atoms with E-state index in [1.807, 2.05) is 46.8 Å². The van der Waals surface area contributed by atoms with Crippen molar-refractivity contribution >= 4 is 0 Å². The van der Waals surface area contributed by atoms with Crippen molar-refractivity contribution in [3.63, 3.8) is 0 Å². The maximum absolute atomic E-state index is 14.3. The molecule has 1 heterocycles. The minimum Gasteiger partial charge on any atom is -0.512 e. The summed E-state index contributed by atoms with van der Waals surface area (Å²) >= 11 is 0. The minimum absolute atomic E-state index is 0.0374. The van der Waals surface area contributed by atoms with E-state index in [0.717, 1.165) is 50.3 Å². The van der Waals surface area contributed by atoms with Gasteiger partial charge in [-0.05, 0) is 80.2 Å². The number of likely N-dealkylation sites (tertiary alicyclic amines) is 1. The second-order valence-corrected chi connectivity index (χ2v) is 11.6. The van der Waals surface area contributed by atoms with Crippen LogP contribution in [0.5, 0.6) is 0 Å². The van der Waals surface area contributed by atoms with E-state index in [-0.39, 0.29) is 22.7 Å². The van der Waals surface area contributed by atoms with E-state index in [0.29, 0.717) is 30.3 Å². The molecule has 37 heavy (non-hydrogen) atoms. The smallest absolute Gasteiger partial charge is 0.270 e. The van der Waals surface area contributed by atoms with Crippen molar-refractivity contribution in [1.29, 1.82) is 0 Å². The number of aliphatic hydroxyl groups excluding tert-OH is 2. The van der Waals surface area contributed by atoms with E-state index in [4.69, 9.17) is 0 Å². The summed E-state index contributed by atoms with van der Waals surface area (Å²) in [5.74, 6) is -1.94. The van der Waals surface area contributed by atoms with Crippen LogP contribution in [0.2, 0.25) is 0 Å². The van der Waals surface area contributed by atoms with Crippen LogP contribution in [0.3, 0.4) is 0 Å². The number of alkyl halides is 2. The molecule has 2 atom stereocenters. The molecule has 0 bridgehead atoms. The van der Waals surface area contributed by atoms with E-state index in [1.54, 1.807) is 12.2 Å². The quantitative estimate of drug-likeness (QED) is 0.211. The molecular formula is C32H51F2NO2. The largest absolute Gasteiger partial charge is 0.512 e. The Morgan fingerprint density at radius 3 is 2.14 bits per heavy atom. The first kappa shape index (κ1) is 32.9. The lowest BCUT2D eigenvalue weighted by atomic mass is 9.73. The fourth-order valence-electron chi connectivity index (χ4n) is 4.68. The van der Waals surface area contributed by atoms with Gasteiger partial charge in [-0.1, -0.05) is 65.3 Å². The Hall–Kier alpha value is -2.14. The Morgan fingerprint density at radius 2 is 1.62 bits per heavy atom. The van der Waals surface area contributed by atoms with Crippen molar-refractivity contribution < 1.29 is 19.0 Å². The summed E-state index contributed by atoms with van der Waals surface area (Å²) in [7, 11) is 0. The zero-order valence-corrected chi connectivity index (χ0v) is 24.7. The Kier molecular flexibility index (Phi) is 13.1. The van der Waals surface area contributed by atoms with Crippen LogP contribution in [-0.2, 0) is 0 Å². The summed E-state index contributed by atoms with van der Waals surface area (Å²) in [6.07, 6.45) is 13.3. The Bertz CT molecular complexity index is 923. The van der Waals surface area contributed by atoms with Gasteiger partial charge in [0, 0.05) is 31.5 Å². The predicted molar refractivity (Wildman–Crippen MR) is 154 cm³/mol. The number of nitrogens with zero attached hydrogens (tertiary/aromatic N) is 1. The number of hydrogen-bond donors (Lipinski definition) is 2. The lowest BCUT2D eigenvalue weighted by Gasteiger charge is -2.43. The predicted octanol–water partition coefficient (Wildman–Crippen LogP) is 9.48. The summed E-state index contributed by atoms with van der Waals surface area (Å²) in [4.78, 5) is 2.20. The van der Waals surface area contributed by atoms with Crippen LogP contribution in [0, 0.1) is 17.3 Å². The normalized spacial score (nSPS) is 22.6. The van der Waals surface area contributed by atoms with Gasteiger partial charge in [0.2, 0.25) is 0 Å². The zero-order valence-electron chi connectivity index (χ0n) is 24.7. The third kappa shape index (κ3) is 11.0. The van der Waals surface area contributed by atoms with Crippen LogP contribution in [0.25, 0.3) is 0 Å². The molecule has 1 fully saturated rings. The highest BCUT2D eigenvalue weighted by Crippen LogP contribution is 2.38. The molecule has 210 valence electrons. The fraction of sp³-hybridized carbons (Fsp3) is 0.625. The van der Waals surface area contributed by atoms with Crippen LogP contribution in [0.15, 0.2) is 70.3 Å². The molecule has 0 aromatic carbocycles. The second kappa shape index (κ2) is 14.7. The van der Waals surface area contributed by atoms with Crippen molar-refractivity contribution in [3.05, 3.63) is 70.3 Å². The molecule has 5 heteroatoms. The molecule has 0 aliphatic carbocycles. The third-order valence-electron chi connectivity index (χ3n) is 7.22. The summed E-state index contributed by atoms with van der Waals surface area (Å²) in [6.45, 7) is 19.2. The number of rotatable bonds is 11. The van der Waals surface area contributed by atoms with Crippen molar-refractivity contribution in [2.45, 2.75) is 93.9 Å². The number of piperidine rings is 1. The van der Waals surface area contributed by atoms with E-state index < -0.39 is 5.92 Å². The topological polar surface area (TPSA) is 43.7 Å². The summed E-state index contributed by atoms with van der Waals surface area (Å²) < 4.78 is 28.6. The van der Waals surface area contributed by atoms with Gasteiger partial charge in [0.15, 0.2) is 0 Å². The SMILES string of the molecule is CC/C=C(\O)C1CC(C(C)(C)C)CN(C/C(O)=C/C(=C(C)CC)/C(C)=C/C(=C\C=C\CC)C(C)(F)F)C1. The third-order valence-corrected chi connectivity index (χ3v) is 7.22. The summed E-state index contributed by atoms with van der Waals surface area (Å²) in [6, 6.07) is 0. The average Bonchev–Trinajstić information content (AvgIpc) is 2.80. The highest BCUT2D eigenvalue weighted by atomic mass is 19.3. The second-order valence-electron chi connectivity index (χ2n) is 11.6. The highest BCUT2D eigenvalue weighted by Gasteiger charge is 2.35. The van der Waals surface area contributed by atoms with Gasteiger partial charge < -0.3 is 10.2 Å². The first-order valence-electron chi connectivity index (χ1n) is 13.8. The highest BCUT2D eigenvalue weighted by molar-refractivity contribution is 5.47. The van der Waals surface area contributed by atoms with Crippen LogP contribution >= 0.6 is 0 Å². The molecule has 0 saturated carbocycles. The Labute approximate surface area is 225 Å². The minimum atomic E-state index is -2.98. The van der Waals surface area contributed by atoms with Gasteiger partial charge in [-0.15, -0.1) is 0 Å². The van der Waals surface area contributed by atoms with Crippen LogP contribution in [0.1, 0.15) is 88.0 Å². The van der Waals surface area contributed by atoms with Crippen LogP contribution in [-0.4, -0.2) is 40.7 Å². The van der Waals surface area contributed by atoms with Gasteiger partial charge in [0.1, 0.15) is 5.76 Å². The molecule has 3 nitrogen and oxygen atoms in total. The first-order chi connectivity index (χ1) is 17.1. The molecule has 0 amide bonds. The fourth-order valence-corrected chi connectivity index (χ4v) is 4.68. The lowest BCUT2D eigenvalue weighted by molar-refractivity contribution is 0.0593. The standard InChI is InChI=1S/C32H51F2NO2/c1-10-13-14-16-26(32(9,33)34)17-24(5)29(23(4)12-3)19-28(36)22-35-20-25(30(37)15-11-2)18-27(21-35)31(6,7)8/h13-17,19,25,27,36-37H,10-12,18,20-22H2,1-9H3/b14-13+,24-17+,26-16+,28-19-,29-23?,30-15-. The van der Waals surface area contributed by atoms with Crippen molar-refractivity contribution in [2.75, 3.05) is 19.6 Å². The molecule has 1 rings (SSSR count). The van der Waals surface area contributed by atoms with Crippen molar-refractivity contribution in [1.82, 2.24) is 4.90 Å². The van der Waals surface area contributed by atoms with Gasteiger partial charge in [-0.3, -0.25) is 4.90 Å². The Balaban J connectivity index is 3.32. The molecule has 1 aliphatic rings. The molecule has 1 aliphatic heterocycles. The molecule has 0 aromatic rings. The van der Waals surface area contributed by atoms with E-state index >= 15 is 0 Å². The van der Waals surface area contributed by atoms with Gasteiger partial charge >= 0.3 is 0 Å². The molecule has 2 N–H and O–H groups in total. The van der Waals surface area contributed by atoms with Crippen LogP contribution < -0.4 is 0 Å². The monoisotopic (exact) mass is 519 g/mol. The van der Waals surface area contributed by atoms with Crippen molar-refractivity contribution in [3.8, 4) is 0 Å². The molecule has 2 unspecified atom stereocenters. The molecule has 0 radical (unpaired) electrons. The molecule has 1 saturated heterocycles. The van der Waals surface area contributed by atoms with Gasteiger partial charge in [-0.2, -0.15) is 0 Å². The number of allylic oxidation sites excluding steroid dienone is 10.